The molecule has 196 valence electrons. The number of carbonyl (C=O) groups is 2. The second-order valence-electron chi connectivity index (χ2n) is 12.2. The Kier molecular flexibility index (Phi) is 7.58. The molecule has 1 aromatic heterocycles. The molecule has 1 saturated carbocycles. The predicted octanol–water partition coefficient (Wildman–Crippen LogP) is 5.17. The van der Waals surface area contributed by atoms with E-state index in [0.717, 1.165) is 6.20 Å². The maximum atomic E-state index is 13.9. The van der Waals surface area contributed by atoms with Crippen LogP contribution < -0.4 is 15.0 Å². The van der Waals surface area contributed by atoms with Gasteiger partial charge in [0.05, 0.1) is 18.3 Å². The number of halogens is 1. The fraction of sp³-hybridized carbons (Fsp3) is 0.720. The number of anilines is 1. The van der Waals surface area contributed by atoms with Crippen LogP contribution in [0.4, 0.5) is 14.9 Å². The van der Waals surface area contributed by atoms with Crippen LogP contribution in [0.3, 0.4) is 0 Å². The number of amides is 2. The Morgan fingerprint density at radius 1 is 1.26 bits per heavy atom. The normalized spacial score (nSPS) is 23.4. The van der Waals surface area contributed by atoms with Crippen LogP contribution in [0.5, 0.6) is 5.88 Å². The summed E-state index contributed by atoms with van der Waals surface area (Å²) in [6.07, 6.45) is 3.01. The van der Waals surface area contributed by atoms with E-state index < -0.39 is 31.4 Å². The minimum Gasteiger partial charge on any atom is -0.466 e. The molecule has 2 aliphatic rings. The van der Waals surface area contributed by atoms with Gasteiger partial charge in [-0.15, -0.1) is 0 Å². The molecule has 10 heteroatoms. The topological polar surface area (TPSA) is 90.0 Å². The molecule has 0 radical (unpaired) electrons. The summed E-state index contributed by atoms with van der Waals surface area (Å²) in [6, 6.07) is 1.14. The second kappa shape index (κ2) is 9.69. The molecule has 1 aliphatic carbocycles. The van der Waals surface area contributed by atoms with Gasteiger partial charge in [-0.25, -0.2) is 14.2 Å². The quantitative estimate of drug-likeness (QED) is 0.551. The first-order chi connectivity index (χ1) is 16.0. The molecule has 0 bridgehead atoms. The van der Waals surface area contributed by atoms with E-state index in [4.69, 9.17) is 13.9 Å². The fourth-order valence-corrected chi connectivity index (χ4v) is 5.28. The molecule has 0 aromatic carbocycles. The van der Waals surface area contributed by atoms with Gasteiger partial charge in [0.1, 0.15) is 17.1 Å². The van der Waals surface area contributed by atoms with Crippen molar-refractivity contribution in [3.05, 3.63) is 18.1 Å². The molecule has 1 aromatic rings. The zero-order valence-corrected chi connectivity index (χ0v) is 23.3. The van der Waals surface area contributed by atoms with E-state index >= 15 is 0 Å². The lowest BCUT2D eigenvalue weighted by molar-refractivity contribution is -0.122. The maximum Gasteiger partial charge on any atom is 0.408 e. The Morgan fingerprint density at radius 3 is 2.46 bits per heavy atom. The minimum atomic E-state index is -2.07. The van der Waals surface area contributed by atoms with Crippen molar-refractivity contribution in [1.29, 1.82) is 0 Å². The van der Waals surface area contributed by atoms with E-state index in [9.17, 15) is 14.0 Å². The lowest BCUT2D eigenvalue weighted by Gasteiger charge is -2.46. The Morgan fingerprint density at radius 2 is 1.89 bits per heavy atom. The summed E-state index contributed by atoms with van der Waals surface area (Å²) in [7, 11) is -2.07. The number of fused-ring (bicyclic) bond motifs is 1. The molecule has 2 heterocycles. The highest BCUT2D eigenvalue weighted by Crippen LogP contribution is 2.41. The lowest BCUT2D eigenvalue weighted by atomic mass is 9.79. The number of hydrogen-bond acceptors (Lipinski definition) is 6. The van der Waals surface area contributed by atoms with Gasteiger partial charge in [-0.3, -0.25) is 4.79 Å². The third-order valence-electron chi connectivity index (χ3n) is 7.22. The van der Waals surface area contributed by atoms with Crippen molar-refractivity contribution >= 4 is 26.0 Å². The van der Waals surface area contributed by atoms with Crippen molar-refractivity contribution in [2.24, 2.45) is 0 Å². The SMILES string of the molecule is CC(C)(C)OC(=O)N[C@]1(CO[Si](C)(C)C(C)(C)C)CC[C@@H](N2C(=O)COc3ncc(F)cc32)CC1. The number of nitrogens with zero attached hydrogens (tertiary/aromatic N) is 2. The zero-order chi connectivity index (χ0) is 26.2. The number of rotatable bonds is 5. The van der Waals surface area contributed by atoms with Gasteiger partial charge in [-0.1, -0.05) is 20.8 Å². The Bertz CT molecular complexity index is 949. The van der Waals surface area contributed by atoms with Crippen LogP contribution in [0.25, 0.3) is 0 Å². The van der Waals surface area contributed by atoms with Crippen molar-refractivity contribution in [3.8, 4) is 5.88 Å². The van der Waals surface area contributed by atoms with Gasteiger partial charge in [-0.2, -0.15) is 0 Å². The van der Waals surface area contributed by atoms with Crippen LogP contribution in [0, 0.1) is 5.82 Å². The average molecular weight is 510 g/mol. The van der Waals surface area contributed by atoms with E-state index in [1.807, 2.05) is 20.8 Å². The van der Waals surface area contributed by atoms with Crippen LogP contribution in [0.1, 0.15) is 67.2 Å². The van der Waals surface area contributed by atoms with E-state index in [2.05, 4.69) is 44.2 Å². The van der Waals surface area contributed by atoms with Gasteiger partial charge in [0.2, 0.25) is 5.88 Å². The van der Waals surface area contributed by atoms with Crippen LogP contribution in [-0.4, -0.2) is 55.7 Å². The van der Waals surface area contributed by atoms with Crippen LogP contribution in [-0.2, 0) is 14.0 Å². The predicted molar refractivity (Wildman–Crippen MR) is 135 cm³/mol. The van der Waals surface area contributed by atoms with Gasteiger partial charge < -0.3 is 24.1 Å². The summed E-state index contributed by atoms with van der Waals surface area (Å²) in [5.74, 6) is -0.484. The van der Waals surface area contributed by atoms with Gasteiger partial charge >= 0.3 is 6.09 Å². The average Bonchev–Trinajstić information content (AvgIpc) is 2.71. The number of nitrogens with one attached hydrogen (secondary N) is 1. The second-order valence-corrected chi connectivity index (χ2v) is 17.0. The van der Waals surface area contributed by atoms with Gasteiger partial charge in [0, 0.05) is 12.1 Å². The van der Waals surface area contributed by atoms with Gasteiger partial charge in [-0.05, 0) is 64.6 Å². The molecule has 35 heavy (non-hydrogen) atoms. The number of pyridine rings is 1. The first-order valence-corrected chi connectivity index (χ1v) is 15.2. The lowest BCUT2D eigenvalue weighted by Crippen LogP contribution is -2.59. The third-order valence-corrected chi connectivity index (χ3v) is 11.7. The van der Waals surface area contributed by atoms with Crippen molar-refractivity contribution in [2.75, 3.05) is 18.1 Å². The number of hydrogen-bond donors (Lipinski definition) is 1. The molecule has 2 amide bonds. The van der Waals surface area contributed by atoms with Crippen molar-refractivity contribution in [3.63, 3.8) is 0 Å². The zero-order valence-electron chi connectivity index (χ0n) is 22.3. The minimum absolute atomic E-state index is 0.0261. The third kappa shape index (κ3) is 6.52. The Balaban J connectivity index is 1.80. The molecule has 0 atom stereocenters. The highest BCUT2D eigenvalue weighted by atomic mass is 28.4. The van der Waals surface area contributed by atoms with Crippen LogP contribution in [0.15, 0.2) is 12.3 Å². The first kappa shape index (κ1) is 27.4. The van der Waals surface area contributed by atoms with Crippen molar-refractivity contribution in [1.82, 2.24) is 10.3 Å². The summed E-state index contributed by atoms with van der Waals surface area (Å²) in [4.78, 5) is 31.2. The summed E-state index contributed by atoms with van der Waals surface area (Å²) in [6.45, 7) is 16.6. The molecule has 1 fully saturated rings. The molecule has 0 unspecified atom stereocenters. The van der Waals surface area contributed by atoms with E-state index in [-0.39, 0.29) is 29.5 Å². The molecule has 0 spiro atoms. The van der Waals surface area contributed by atoms with Crippen LogP contribution in [0.2, 0.25) is 18.1 Å². The summed E-state index contributed by atoms with van der Waals surface area (Å²) in [5.41, 5.74) is -0.882. The number of ether oxygens (including phenoxy) is 2. The van der Waals surface area contributed by atoms with Gasteiger partial charge in [0.25, 0.3) is 5.91 Å². The smallest absolute Gasteiger partial charge is 0.408 e. The fourth-order valence-electron chi connectivity index (χ4n) is 4.21. The summed E-state index contributed by atoms with van der Waals surface area (Å²) >= 11 is 0. The molecule has 1 N–H and O–H groups in total. The first-order valence-electron chi connectivity index (χ1n) is 12.3. The molecule has 1 aliphatic heterocycles. The van der Waals surface area contributed by atoms with E-state index in [1.165, 1.54) is 6.07 Å². The highest BCUT2D eigenvalue weighted by molar-refractivity contribution is 6.74. The molecule has 0 saturated heterocycles. The van der Waals surface area contributed by atoms with E-state index in [0.29, 0.717) is 38.0 Å². The summed E-state index contributed by atoms with van der Waals surface area (Å²) < 4.78 is 31.5. The number of alkyl carbamates (subject to hydrolysis) is 1. The van der Waals surface area contributed by atoms with Crippen molar-refractivity contribution in [2.45, 2.75) is 103 Å². The van der Waals surface area contributed by atoms with Crippen LogP contribution >= 0.6 is 0 Å². The standard InChI is InChI=1S/C25H40FN3O5Si/c1-23(2,3)34-22(31)28-25(16-33-35(7,8)24(4,5)6)11-9-18(10-12-25)29-19-13-17(26)14-27-21(19)32-15-20(29)30/h13-14,18H,9-12,15-16H2,1-8H3,(H,28,31)/t18-,25-. The number of carbonyl (C=O) groups excluding carboxylic acids is 2. The maximum absolute atomic E-state index is 13.9. The molecule has 8 nitrogen and oxygen atoms in total. The molecule has 3 rings (SSSR count). The Hall–Kier alpha value is -2.20. The van der Waals surface area contributed by atoms with E-state index in [1.54, 1.807) is 4.90 Å². The molecular formula is C25H40FN3O5Si. The van der Waals surface area contributed by atoms with Gasteiger partial charge in [0.15, 0.2) is 14.9 Å². The monoisotopic (exact) mass is 509 g/mol. The molecular weight excluding hydrogens is 469 g/mol. The highest BCUT2D eigenvalue weighted by Gasteiger charge is 2.45. The number of aromatic nitrogens is 1. The van der Waals surface area contributed by atoms with Crippen molar-refractivity contribution < 1.29 is 27.9 Å². The summed E-state index contributed by atoms with van der Waals surface area (Å²) in [5, 5.41) is 3.14. The largest absolute Gasteiger partial charge is 0.466 e. The Labute approximate surface area is 209 Å².